The summed E-state index contributed by atoms with van der Waals surface area (Å²) in [6.45, 7) is 2.86. The van der Waals surface area contributed by atoms with Gasteiger partial charge in [0.2, 0.25) is 0 Å². The first-order valence-electron chi connectivity index (χ1n) is 7.79. The average molecular weight is 431 g/mol. The summed E-state index contributed by atoms with van der Waals surface area (Å²) < 4.78 is 3.13. The van der Waals surface area contributed by atoms with Crippen molar-refractivity contribution >= 4 is 46.3 Å². The fraction of sp³-hybridized carbons (Fsp3) is 0.267. The summed E-state index contributed by atoms with van der Waals surface area (Å²) in [6, 6.07) is 3.20. The molecule has 1 N–H and O–H groups in total. The number of hydrogen-bond donors (Lipinski definition) is 1. The summed E-state index contributed by atoms with van der Waals surface area (Å²) in [6.07, 6.45) is 2.99. The Balaban J connectivity index is 1.62. The van der Waals surface area contributed by atoms with Crippen molar-refractivity contribution < 1.29 is 4.92 Å². The summed E-state index contributed by atoms with van der Waals surface area (Å²) in [5.74, 6) is 0.515. The Hall–Kier alpha value is -2.36. The van der Waals surface area contributed by atoms with Crippen LogP contribution in [0.2, 0.25) is 15.1 Å². The molecule has 2 heterocycles. The molecule has 0 atom stereocenters. The molecule has 2 aromatic heterocycles. The van der Waals surface area contributed by atoms with Crippen LogP contribution in [0.3, 0.4) is 0 Å². The standard InChI is InChI=1S/C15H14Cl3N7O2/c1-9-19-7-15(25(26)27)24(9)3-2-23-8-10(21-22-23)6-20-14-5-12(17)11(16)4-13(14)18/h4-5,7-8,20H,2-3,6H2,1H3. The van der Waals surface area contributed by atoms with Gasteiger partial charge in [0.15, 0.2) is 5.82 Å². The number of aromatic nitrogens is 5. The molecule has 9 nitrogen and oxygen atoms in total. The Morgan fingerprint density at radius 1 is 1.19 bits per heavy atom. The quantitative estimate of drug-likeness (QED) is 0.345. The van der Waals surface area contributed by atoms with E-state index in [-0.39, 0.29) is 5.82 Å². The van der Waals surface area contributed by atoms with Crippen LogP contribution in [-0.4, -0.2) is 29.5 Å². The van der Waals surface area contributed by atoms with Crippen LogP contribution in [0.1, 0.15) is 11.5 Å². The molecule has 0 aliphatic rings. The highest BCUT2D eigenvalue weighted by Gasteiger charge is 2.17. The highest BCUT2D eigenvalue weighted by atomic mass is 35.5. The van der Waals surface area contributed by atoms with Crippen molar-refractivity contribution in [2.75, 3.05) is 5.32 Å². The molecule has 0 saturated carbocycles. The first-order valence-corrected chi connectivity index (χ1v) is 8.92. The van der Waals surface area contributed by atoms with Crippen LogP contribution in [0.5, 0.6) is 0 Å². The summed E-state index contributed by atoms with van der Waals surface area (Å²) in [4.78, 5) is 14.5. The second kappa shape index (κ2) is 8.12. The molecule has 0 bridgehead atoms. The van der Waals surface area contributed by atoms with Crippen molar-refractivity contribution in [1.82, 2.24) is 24.5 Å². The van der Waals surface area contributed by atoms with E-state index in [2.05, 4.69) is 20.6 Å². The Morgan fingerprint density at radius 3 is 2.67 bits per heavy atom. The van der Waals surface area contributed by atoms with Gasteiger partial charge >= 0.3 is 5.82 Å². The van der Waals surface area contributed by atoms with E-state index in [4.69, 9.17) is 34.8 Å². The number of aryl methyl sites for hydroxylation is 2. The fourth-order valence-electron chi connectivity index (χ4n) is 2.45. The van der Waals surface area contributed by atoms with Crippen molar-refractivity contribution in [2.24, 2.45) is 0 Å². The fourth-order valence-corrected chi connectivity index (χ4v) is 3.07. The predicted octanol–water partition coefficient (Wildman–Crippen LogP) is 3.96. The first kappa shape index (κ1) is 19.4. The van der Waals surface area contributed by atoms with Gasteiger partial charge in [0.1, 0.15) is 18.4 Å². The molecule has 142 valence electrons. The molecule has 0 radical (unpaired) electrons. The molecule has 3 aromatic rings. The van der Waals surface area contributed by atoms with Crippen molar-refractivity contribution in [2.45, 2.75) is 26.6 Å². The number of imidazole rings is 1. The normalized spacial score (nSPS) is 11.0. The lowest BCUT2D eigenvalue weighted by atomic mass is 10.3. The van der Waals surface area contributed by atoms with Crippen LogP contribution in [0.4, 0.5) is 11.5 Å². The van der Waals surface area contributed by atoms with E-state index in [1.165, 1.54) is 10.8 Å². The number of rotatable bonds is 7. The van der Waals surface area contributed by atoms with E-state index in [1.807, 2.05) is 0 Å². The molecule has 0 amide bonds. The van der Waals surface area contributed by atoms with Gasteiger partial charge in [-0.1, -0.05) is 40.0 Å². The second-order valence-corrected chi connectivity index (χ2v) is 6.87. The number of anilines is 1. The lowest BCUT2D eigenvalue weighted by Crippen LogP contribution is -2.11. The van der Waals surface area contributed by atoms with E-state index in [0.29, 0.717) is 51.9 Å². The van der Waals surface area contributed by atoms with Crippen LogP contribution in [0, 0.1) is 17.0 Å². The number of nitrogens with one attached hydrogen (secondary N) is 1. The molecule has 0 saturated heterocycles. The molecule has 0 aliphatic carbocycles. The van der Waals surface area contributed by atoms with Crippen molar-refractivity contribution in [1.29, 1.82) is 0 Å². The lowest BCUT2D eigenvalue weighted by molar-refractivity contribution is -0.392. The zero-order valence-electron chi connectivity index (χ0n) is 14.1. The van der Waals surface area contributed by atoms with Gasteiger partial charge in [-0.15, -0.1) is 5.10 Å². The number of halogens is 3. The Labute approximate surface area is 169 Å². The molecule has 12 heteroatoms. The van der Waals surface area contributed by atoms with Crippen molar-refractivity contribution in [3.8, 4) is 0 Å². The topological polar surface area (TPSA) is 104 Å². The Morgan fingerprint density at radius 2 is 1.93 bits per heavy atom. The van der Waals surface area contributed by atoms with Gasteiger partial charge in [-0.05, 0) is 17.1 Å². The number of nitrogens with zero attached hydrogens (tertiary/aromatic N) is 6. The van der Waals surface area contributed by atoms with E-state index in [9.17, 15) is 10.1 Å². The van der Waals surface area contributed by atoms with E-state index in [1.54, 1.807) is 29.9 Å². The largest absolute Gasteiger partial charge is 0.378 e. The third-order valence-electron chi connectivity index (χ3n) is 3.83. The van der Waals surface area contributed by atoms with Crippen LogP contribution in [0.15, 0.2) is 24.5 Å². The molecule has 1 aromatic carbocycles. The molecule has 0 fully saturated rings. The maximum absolute atomic E-state index is 11.0. The summed E-state index contributed by atoms with van der Waals surface area (Å²) >= 11 is 18.0. The van der Waals surface area contributed by atoms with Crippen molar-refractivity contribution in [3.63, 3.8) is 0 Å². The van der Waals surface area contributed by atoms with Gasteiger partial charge in [0.05, 0.1) is 40.0 Å². The number of nitro groups is 1. The zero-order valence-corrected chi connectivity index (χ0v) is 16.3. The van der Waals surface area contributed by atoms with E-state index >= 15 is 0 Å². The summed E-state index contributed by atoms with van der Waals surface area (Å²) in [5.41, 5.74) is 1.30. The molecular weight excluding hydrogens is 417 g/mol. The highest BCUT2D eigenvalue weighted by Crippen LogP contribution is 2.32. The predicted molar refractivity (Wildman–Crippen MR) is 102 cm³/mol. The number of benzene rings is 1. The Kier molecular flexibility index (Phi) is 5.83. The SMILES string of the molecule is Cc1ncc([N+](=O)[O-])n1CCn1cc(CNc2cc(Cl)c(Cl)cc2Cl)nn1. The highest BCUT2D eigenvalue weighted by molar-refractivity contribution is 6.44. The maximum atomic E-state index is 11.0. The van der Waals surface area contributed by atoms with Gasteiger partial charge in [-0.3, -0.25) is 0 Å². The minimum atomic E-state index is -0.461. The minimum absolute atomic E-state index is 0.0521. The lowest BCUT2D eigenvalue weighted by Gasteiger charge is -2.08. The van der Waals surface area contributed by atoms with Gasteiger partial charge in [-0.2, -0.15) is 0 Å². The molecule has 0 unspecified atom stereocenters. The molecule has 0 aliphatic heterocycles. The second-order valence-electron chi connectivity index (χ2n) is 5.65. The van der Waals surface area contributed by atoms with Gasteiger partial charge in [-0.25, -0.2) is 14.2 Å². The third-order valence-corrected chi connectivity index (χ3v) is 4.86. The monoisotopic (exact) mass is 429 g/mol. The third kappa shape index (κ3) is 4.49. The Bertz CT molecular complexity index is 986. The van der Waals surface area contributed by atoms with Crippen LogP contribution >= 0.6 is 34.8 Å². The molecule has 3 rings (SSSR count). The summed E-state index contributed by atoms with van der Waals surface area (Å²) in [5, 5.41) is 23.4. The van der Waals surface area contributed by atoms with Gasteiger partial charge in [0, 0.05) is 6.92 Å². The zero-order chi connectivity index (χ0) is 19.6. The summed E-state index contributed by atoms with van der Waals surface area (Å²) in [7, 11) is 0. The van der Waals surface area contributed by atoms with Crippen molar-refractivity contribution in [3.05, 3.63) is 61.2 Å². The molecule has 0 spiro atoms. The van der Waals surface area contributed by atoms with Crippen LogP contribution in [-0.2, 0) is 19.6 Å². The first-order chi connectivity index (χ1) is 12.8. The average Bonchev–Trinajstić information content (AvgIpc) is 3.21. The van der Waals surface area contributed by atoms with E-state index < -0.39 is 4.92 Å². The minimum Gasteiger partial charge on any atom is -0.378 e. The van der Waals surface area contributed by atoms with Crippen LogP contribution < -0.4 is 5.32 Å². The smallest absolute Gasteiger partial charge is 0.342 e. The molecular formula is C15H14Cl3N7O2. The molecule has 27 heavy (non-hydrogen) atoms. The van der Waals surface area contributed by atoms with Gasteiger partial charge < -0.3 is 15.4 Å². The van der Waals surface area contributed by atoms with Gasteiger partial charge in [0.25, 0.3) is 0 Å². The van der Waals surface area contributed by atoms with Crippen LogP contribution in [0.25, 0.3) is 0 Å². The van der Waals surface area contributed by atoms with E-state index in [0.717, 1.165) is 0 Å². The number of hydrogen-bond acceptors (Lipinski definition) is 6. The maximum Gasteiger partial charge on any atom is 0.342 e.